The molecule has 2 aromatic carbocycles. The Bertz CT molecular complexity index is 928. The number of aromatic nitrogens is 2. The first-order valence-corrected chi connectivity index (χ1v) is 9.66. The van der Waals surface area contributed by atoms with Gasteiger partial charge in [0.1, 0.15) is 5.82 Å². The molecular formula is C16H9Br2F2N3O2S. The Morgan fingerprint density at radius 2 is 1.88 bits per heavy atom. The number of carbonyl (C=O) groups is 1. The third kappa shape index (κ3) is 4.68. The molecule has 0 aliphatic heterocycles. The molecule has 0 atom stereocenters. The molecule has 0 saturated carbocycles. The van der Waals surface area contributed by atoms with Crippen LogP contribution in [-0.2, 0) is 4.79 Å². The first-order valence-electron chi connectivity index (χ1n) is 7.09. The first-order chi connectivity index (χ1) is 12.4. The highest BCUT2D eigenvalue weighted by Gasteiger charge is 2.15. The molecule has 0 unspecified atom stereocenters. The lowest BCUT2D eigenvalue weighted by atomic mass is 10.2. The predicted octanol–water partition coefficient (Wildman–Crippen LogP) is 5.27. The van der Waals surface area contributed by atoms with Gasteiger partial charge in [-0.25, -0.2) is 8.78 Å². The second kappa shape index (κ2) is 8.28. The summed E-state index contributed by atoms with van der Waals surface area (Å²) >= 11 is 7.36. The Morgan fingerprint density at radius 1 is 1.15 bits per heavy atom. The molecule has 0 aliphatic carbocycles. The van der Waals surface area contributed by atoms with E-state index in [0.717, 1.165) is 27.9 Å². The Morgan fingerprint density at radius 3 is 2.58 bits per heavy atom. The highest BCUT2D eigenvalue weighted by molar-refractivity contribution is 9.10. The Labute approximate surface area is 167 Å². The van der Waals surface area contributed by atoms with Crippen molar-refractivity contribution in [2.24, 2.45) is 0 Å². The van der Waals surface area contributed by atoms with Crippen molar-refractivity contribution in [1.82, 2.24) is 10.2 Å². The summed E-state index contributed by atoms with van der Waals surface area (Å²) in [5.41, 5.74) is 0.618. The molecule has 0 saturated heterocycles. The summed E-state index contributed by atoms with van der Waals surface area (Å²) in [5, 5.41) is 10.4. The number of thioether (sulfide) groups is 1. The number of rotatable bonds is 5. The van der Waals surface area contributed by atoms with Crippen LogP contribution in [0.4, 0.5) is 14.5 Å². The van der Waals surface area contributed by atoms with Gasteiger partial charge in [-0.2, -0.15) is 0 Å². The van der Waals surface area contributed by atoms with Crippen LogP contribution in [0.5, 0.6) is 0 Å². The van der Waals surface area contributed by atoms with Crippen LogP contribution in [0.3, 0.4) is 0 Å². The van der Waals surface area contributed by atoms with Crippen molar-refractivity contribution >= 4 is 55.2 Å². The predicted molar refractivity (Wildman–Crippen MR) is 101 cm³/mol. The fourth-order valence-corrected chi connectivity index (χ4v) is 3.28. The monoisotopic (exact) mass is 503 g/mol. The van der Waals surface area contributed by atoms with E-state index in [1.807, 2.05) is 24.3 Å². The minimum atomic E-state index is -0.870. The average Bonchev–Trinajstić information content (AvgIpc) is 3.06. The SMILES string of the molecule is O=C(CSc1nnc(-c2ccc(Br)cc2)o1)Nc1c(F)cc(F)cc1Br. The fourth-order valence-electron chi connectivity index (χ4n) is 1.94. The van der Waals surface area contributed by atoms with Gasteiger partial charge in [-0.1, -0.05) is 27.7 Å². The molecule has 1 N–H and O–H groups in total. The second-order valence-corrected chi connectivity index (χ2v) is 7.66. The van der Waals surface area contributed by atoms with Gasteiger partial charge in [0, 0.05) is 20.6 Å². The smallest absolute Gasteiger partial charge is 0.277 e. The van der Waals surface area contributed by atoms with Gasteiger partial charge < -0.3 is 9.73 Å². The highest BCUT2D eigenvalue weighted by atomic mass is 79.9. The van der Waals surface area contributed by atoms with Gasteiger partial charge >= 0.3 is 0 Å². The van der Waals surface area contributed by atoms with E-state index >= 15 is 0 Å². The molecule has 134 valence electrons. The number of amides is 1. The van der Waals surface area contributed by atoms with Crippen LogP contribution in [0.2, 0.25) is 0 Å². The molecule has 0 spiro atoms. The summed E-state index contributed by atoms with van der Waals surface area (Å²) in [6, 6.07) is 9.06. The fraction of sp³-hybridized carbons (Fsp3) is 0.0625. The average molecular weight is 505 g/mol. The number of nitrogens with zero attached hydrogens (tertiary/aromatic N) is 2. The molecule has 0 fully saturated rings. The van der Waals surface area contributed by atoms with Crippen LogP contribution in [0.25, 0.3) is 11.5 Å². The van der Waals surface area contributed by atoms with Gasteiger partial charge in [0.2, 0.25) is 11.8 Å². The minimum Gasteiger partial charge on any atom is -0.411 e. The molecule has 26 heavy (non-hydrogen) atoms. The summed E-state index contributed by atoms with van der Waals surface area (Å²) in [6.45, 7) is 0. The molecule has 10 heteroatoms. The van der Waals surface area contributed by atoms with Crippen molar-refractivity contribution < 1.29 is 18.0 Å². The van der Waals surface area contributed by atoms with E-state index in [0.29, 0.717) is 12.0 Å². The van der Waals surface area contributed by atoms with Crippen LogP contribution in [0.15, 0.2) is 55.0 Å². The molecule has 0 bridgehead atoms. The van der Waals surface area contributed by atoms with Crippen molar-refractivity contribution in [3.63, 3.8) is 0 Å². The Hall–Kier alpha value is -1.78. The Balaban J connectivity index is 1.61. The molecule has 1 amide bonds. The topological polar surface area (TPSA) is 68.0 Å². The number of hydrogen-bond donors (Lipinski definition) is 1. The van der Waals surface area contributed by atoms with E-state index in [4.69, 9.17) is 4.42 Å². The van der Waals surface area contributed by atoms with Crippen molar-refractivity contribution in [3.05, 3.63) is 57.0 Å². The van der Waals surface area contributed by atoms with Gasteiger partial charge in [-0.05, 0) is 46.3 Å². The summed E-state index contributed by atoms with van der Waals surface area (Å²) in [6.07, 6.45) is 0. The zero-order valence-corrected chi connectivity index (χ0v) is 16.8. The van der Waals surface area contributed by atoms with E-state index < -0.39 is 17.5 Å². The molecule has 0 aliphatic rings. The van der Waals surface area contributed by atoms with Gasteiger partial charge in [-0.3, -0.25) is 4.79 Å². The van der Waals surface area contributed by atoms with E-state index in [-0.39, 0.29) is 21.1 Å². The largest absolute Gasteiger partial charge is 0.411 e. The molecule has 0 radical (unpaired) electrons. The van der Waals surface area contributed by atoms with Gasteiger partial charge in [0.25, 0.3) is 5.22 Å². The summed E-state index contributed by atoms with van der Waals surface area (Å²) < 4.78 is 33.3. The normalized spacial score (nSPS) is 10.8. The lowest BCUT2D eigenvalue weighted by Crippen LogP contribution is -2.15. The maximum absolute atomic E-state index is 13.7. The standard InChI is InChI=1S/C16H9Br2F2N3O2S/c17-9-3-1-8(2-4-9)15-22-23-16(25-15)26-7-13(24)21-14-11(18)5-10(19)6-12(14)20/h1-6H,7H2,(H,21,24). The molecule has 5 nitrogen and oxygen atoms in total. The number of benzene rings is 2. The third-order valence-electron chi connectivity index (χ3n) is 3.10. The molecule has 3 aromatic rings. The van der Waals surface area contributed by atoms with Crippen LogP contribution in [-0.4, -0.2) is 21.9 Å². The number of carbonyl (C=O) groups excluding carboxylic acids is 1. The zero-order valence-electron chi connectivity index (χ0n) is 12.8. The highest BCUT2D eigenvalue weighted by Crippen LogP contribution is 2.28. The van der Waals surface area contributed by atoms with Crippen LogP contribution in [0, 0.1) is 11.6 Å². The number of halogens is 4. The Kier molecular flexibility index (Phi) is 6.05. The maximum Gasteiger partial charge on any atom is 0.277 e. The van der Waals surface area contributed by atoms with Crippen LogP contribution >= 0.6 is 43.6 Å². The molecular weight excluding hydrogens is 496 g/mol. The first kappa shape index (κ1) is 19.0. The van der Waals surface area contributed by atoms with Crippen molar-refractivity contribution in [2.45, 2.75) is 5.22 Å². The van der Waals surface area contributed by atoms with Gasteiger partial charge in [0.15, 0.2) is 5.82 Å². The zero-order chi connectivity index (χ0) is 18.7. The summed E-state index contributed by atoms with van der Waals surface area (Å²) in [7, 11) is 0. The molecule has 1 heterocycles. The van der Waals surface area contributed by atoms with E-state index in [1.54, 1.807) is 0 Å². The van der Waals surface area contributed by atoms with E-state index in [1.165, 1.54) is 0 Å². The van der Waals surface area contributed by atoms with E-state index in [9.17, 15) is 13.6 Å². The molecule has 3 rings (SSSR count). The van der Waals surface area contributed by atoms with E-state index in [2.05, 4.69) is 47.4 Å². The van der Waals surface area contributed by atoms with Crippen molar-refractivity contribution in [2.75, 3.05) is 11.1 Å². The minimum absolute atomic E-state index is 0.0781. The van der Waals surface area contributed by atoms with Crippen LogP contribution in [0.1, 0.15) is 0 Å². The lowest BCUT2D eigenvalue weighted by molar-refractivity contribution is -0.113. The van der Waals surface area contributed by atoms with Gasteiger partial charge in [-0.15, -0.1) is 10.2 Å². The number of anilines is 1. The second-order valence-electron chi connectivity index (χ2n) is 4.96. The molecule has 1 aromatic heterocycles. The quantitative estimate of drug-likeness (QED) is 0.479. The lowest BCUT2D eigenvalue weighted by Gasteiger charge is -2.08. The van der Waals surface area contributed by atoms with Crippen LogP contribution < -0.4 is 5.32 Å². The van der Waals surface area contributed by atoms with Crippen molar-refractivity contribution in [1.29, 1.82) is 0 Å². The number of hydrogen-bond acceptors (Lipinski definition) is 5. The summed E-state index contributed by atoms with van der Waals surface area (Å²) in [5.74, 6) is -1.86. The van der Waals surface area contributed by atoms with Crippen molar-refractivity contribution in [3.8, 4) is 11.5 Å². The maximum atomic E-state index is 13.7. The number of nitrogens with one attached hydrogen (secondary N) is 1. The summed E-state index contributed by atoms with van der Waals surface area (Å²) in [4.78, 5) is 12.0. The van der Waals surface area contributed by atoms with Gasteiger partial charge in [0.05, 0.1) is 11.4 Å². The third-order valence-corrected chi connectivity index (χ3v) is 5.07.